The molecule has 1 atom stereocenters. The molecule has 0 unspecified atom stereocenters. The first-order valence-corrected chi connectivity index (χ1v) is 9.20. The van der Waals surface area contributed by atoms with Gasteiger partial charge >= 0.3 is 0 Å². The van der Waals surface area contributed by atoms with Crippen molar-refractivity contribution < 1.29 is 9.47 Å². The van der Waals surface area contributed by atoms with Gasteiger partial charge < -0.3 is 14.8 Å². The zero-order valence-corrected chi connectivity index (χ0v) is 16.4. The van der Waals surface area contributed by atoms with Crippen LogP contribution in [0.2, 0.25) is 0 Å². The number of halogens is 1. The van der Waals surface area contributed by atoms with Crippen molar-refractivity contribution in [2.45, 2.75) is 46.4 Å². The third kappa shape index (κ3) is 5.25. The fraction of sp³-hybridized carbons (Fsp3) is 0.400. The molecule has 2 aromatic carbocycles. The van der Waals surface area contributed by atoms with Crippen molar-refractivity contribution in [2.24, 2.45) is 0 Å². The maximum atomic E-state index is 5.89. The maximum Gasteiger partial charge on any atom is 0.175 e. The molecular weight excluding hydrogens is 366 g/mol. The normalized spacial score (nSPS) is 12.2. The van der Waals surface area contributed by atoms with Crippen LogP contribution in [0.3, 0.4) is 0 Å². The summed E-state index contributed by atoms with van der Waals surface area (Å²) in [5.74, 6) is 1.55. The Morgan fingerprint density at radius 3 is 2.42 bits per heavy atom. The minimum Gasteiger partial charge on any atom is -0.490 e. The fourth-order valence-electron chi connectivity index (χ4n) is 2.47. The van der Waals surface area contributed by atoms with E-state index in [0.29, 0.717) is 6.61 Å². The summed E-state index contributed by atoms with van der Waals surface area (Å²) in [4.78, 5) is 0. The third-order valence-electron chi connectivity index (χ3n) is 3.63. The molecule has 0 aromatic heterocycles. The Morgan fingerprint density at radius 1 is 1.08 bits per heavy atom. The van der Waals surface area contributed by atoms with Gasteiger partial charge in [0.25, 0.3) is 0 Å². The smallest absolute Gasteiger partial charge is 0.175 e. The second-order valence-corrected chi connectivity index (χ2v) is 6.87. The minimum atomic E-state index is 0.0996. The van der Waals surface area contributed by atoms with Crippen LogP contribution >= 0.6 is 15.9 Å². The van der Waals surface area contributed by atoms with Crippen LogP contribution in [0, 0.1) is 0 Å². The van der Waals surface area contributed by atoms with Gasteiger partial charge in [0.2, 0.25) is 0 Å². The van der Waals surface area contributed by atoms with Crippen molar-refractivity contribution in [3.63, 3.8) is 0 Å². The van der Waals surface area contributed by atoms with E-state index in [1.165, 1.54) is 5.56 Å². The Kier molecular flexibility index (Phi) is 7.13. The highest BCUT2D eigenvalue weighted by molar-refractivity contribution is 9.10. The molecule has 3 nitrogen and oxygen atoms in total. The van der Waals surface area contributed by atoms with E-state index in [-0.39, 0.29) is 12.1 Å². The van der Waals surface area contributed by atoms with Gasteiger partial charge in [-0.2, -0.15) is 0 Å². The van der Waals surface area contributed by atoms with E-state index in [4.69, 9.17) is 9.47 Å². The molecule has 0 saturated heterocycles. The molecule has 0 heterocycles. The molecule has 0 saturated carbocycles. The summed E-state index contributed by atoms with van der Waals surface area (Å²) in [6.07, 6.45) is 0.0996. The molecule has 1 N–H and O–H groups in total. The molecule has 2 aromatic rings. The van der Waals surface area contributed by atoms with E-state index in [1.807, 2.05) is 26.8 Å². The molecule has 0 aliphatic rings. The van der Waals surface area contributed by atoms with Crippen molar-refractivity contribution in [3.05, 3.63) is 58.1 Å². The van der Waals surface area contributed by atoms with Crippen molar-refractivity contribution in [2.75, 3.05) is 6.61 Å². The summed E-state index contributed by atoms with van der Waals surface area (Å²) in [6.45, 7) is 9.55. The highest BCUT2D eigenvalue weighted by atomic mass is 79.9. The zero-order chi connectivity index (χ0) is 17.5. The van der Waals surface area contributed by atoms with Crippen molar-refractivity contribution >= 4 is 15.9 Å². The number of ether oxygens (including phenoxy) is 2. The first-order chi connectivity index (χ1) is 11.5. The lowest BCUT2D eigenvalue weighted by Gasteiger charge is -2.19. The molecule has 0 spiro atoms. The standard InChI is InChI=1S/C20H26BrNO2/c1-5-23-19-12-16(11-18(21)20(19)24-14(2)3)13-22-15(4)17-9-7-6-8-10-17/h6-12,14-15,22H,5,13H2,1-4H3/t15-/m0/s1. The molecule has 0 aliphatic carbocycles. The summed E-state index contributed by atoms with van der Waals surface area (Å²) in [5.41, 5.74) is 2.44. The van der Waals surface area contributed by atoms with E-state index < -0.39 is 0 Å². The number of hydrogen-bond donors (Lipinski definition) is 1. The van der Waals surface area contributed by atoms with Crippen molar-refractivity contribution in [1.29, 1.82) is 0 Å². The van der Waals surface area contributed by atoms with Crippen LogP contribution in [0.15, 0.2) is 46.9 Å². The van der Waals surface area contributed by atoms with E-state index in [0.717, 1.165) is 28.1 Å². The monoisotopic (exact) mass is 391 g/mol. The Morgan fingerprint density at radius 2 is 1.79 bits per heavy atom. The first-order valence-electron chi connectivity index (χ1n) is 8.41. The highest BCUT2D eigenvalue weighted by Gasteiger charge is 2.14. The number of rotatable bonds is 8. The minimum absolute atomic E-state index is 0.0996. The van der Waals surface area contributed by atoms with Gasteiger partial charge in [-0.15, -0.1) is 0 Å². The largest absolute Gasteiger partial charge is 0.490 e. The average Bonchev–Trinajstić information content (AvgIpc) is 2.56. The maximum absolute atomic E-state index is 5.89. The Balaban J connectivity index is 2.12. The fourth-order valence-corrected chi connectivity index (χ4v) is 3.05. The summed E-state index contributed by atoms with van der Waals surface area (Å²) in [7, 11) is 0. The summed E-state index contributed by atoms with van der Waals surface area (Å²) in [5, 5.41) is 3.55. The lowest BCUT2D eigenvalue weighted by atomic mass is 10.1. The Bertz CT molecular complexity index is 644. The topological polar surface area (TPSA) is 30.5 Å². The van der Waals surface area contributed by atoms with Crippen LogP contribution in [-0.4, -0.2) is 12.7 Å². The molecule has 0 fully saturated rings. The second-order valence-electron chi connectivity index (χ2n) is 6.02. The third-order valence-corrected chi connectivity index (χ3v) is 4.22. The lowest BCUT2D eigenvalue weighted by molar-refractivity contribution is 0.222. The van der Waals surface area contributed by atoms with Crippen LogP contribution in [0.4, 0.5) is 0 Å². The Labute approximate surface area is 153 Å². The molecule has 2 rings (SSSR count). The van der Waals surface area contributed by atoms with Crippen LogP contribution in [0.1, 0.15) is 44.9 Å². The summed E-state index contributed by atoms with van der Waals surface area (Å²) >= 11 is 3.62. The van der Waals surface area contributed by atoms with Crippen LogP contribution in [0.25, 0.3) is 0 Å². The molecular formula is C20H26BrNO2. The number of benzene rings is 2. The van der Waals surface area contributed by atoms with Crippen LogP contribution in [0.5, 0.6) is 11.5 Å². The number of nitrogens with one attached hydrogen (secondary N) is 1. The van der Waals surface area contributed by atoms with E-state index in [1.54, 1.807) is 0 Å². The predicted octanol–water partition coefficient (Wildman–Crippen LogP) is 5.49. The second kappa shape index (κ2) is 9.09. The van der Waals surface area contributed by atoms with Gasteiger partial charge in [0.1, 0.15) is 0 Å². The molecule has 0 radical (unpaired) electrons. The predicted molar refractivity (Wildman–Crippen MR) is 103 cm³/mol. The highest BCUT2D eigenvalue weighted by Crippen LogP contribution is 2.37. The van der Waals surface area contributed by atoms with E-state index in [9.17, 15) is 0 Å². The van der Waals surface area contributed by atoms with Crippen molar-refractivity contribution in [1.82, 2.24) is 5.32 Å². The SMILES string of the molecule is CCOc1cc(CN[C@@H](C)c2ccccc2)cc(Br)c1OC(C)C. The summed E-state index contributed by atoms with van der Waals surface area (Å²) < 4.78 is 12.6. The lowest BCUT2D eigenvalue weighted by Crippen LogP contribution is -2.18. The molecule has 0 bridgehead atoms. The van der Waals surface area contributed by atoms with Crippen LogP contribution in [-0.2, 0) is 6.54 Å². The zero-order valence-electron chi connectivity index (χ0n) is 14.8. The van der Waals surface area contributed by atoms with Gasteiger partial charge in [-0.1, -0.05) is 30.3 Å². The van der Waals surface area contributed by atoms with Gasteiger partial charge in [-0.05, 0) is 66.9 Å². The molecule has 0 aliphatic heterocycles. The quantitative estimate of drug-likeness (QED) is 0.645. The molecule has 4 heteroatoms. The van der Waals surface area contributed by atoms with Gasteiger partial charge in [-0.3, -0.25) is 0 Å². The first kappa shape index (κ1) is 18.8. The molecule has 130 valence electrons. The van der Waals surface area contributed by atoms with E-state index in [2.05, 4.69) is 64.6 Å². The van der Waals surface area contributed by atoms with Gasteiger partial charge in [0.05, 0.1) is 17.2 Å². The van der Waals surface area contributed by atoms with Gasteiger partial charge in [-0.25, -0.2) is 0 Å². The number of hydrogen-bond acceptors (Lipinski definition) is 3. The van der Waals surface area contributed by atoms with E-state index >= 15 is 0 Å². The molecule has 0 amide bonds. The average molecular weight is 392 g/mol. The van der Waals surface area contributed by atoms with Gasteiger partial charge in [0, 0.05) is 12.6 Å². The van der Waals surface area contributed by atoms with Crippen molar-refractivity contribution in [3.8, 4) is 11.5 Å². The van der Waals surface area contributed by atoms with Gasteiger partial charge in [0.15, 0.2) is 11.5 Å². The van der Waals surface area contributed by atoms with Crippen LogP contribution < -0.4 is 14.8 Å². The Hall–Kier alpha value is -1.52. The molecule has 24 heavy (non-hydrogen) atoms. The summed E-state index contributed by atoms with van der Waals surface area (Å²) in [6, 6.07) is 14.9.